The van der Waals surface area contributed by atoms with E-state index in [1.807, 2.05) is 13.0 Å². The Labute approximate surface area is 138 Å². The molecule has 0 aromatic heterocycles. The van der Waals surface area contributed by atoms with Gasteiger partial charge in [-0.1, -0.05) is 25.4 Å². The quantitative estimate of drug-likeness (QED) is 0.761. The molecule has 0 radical (unpaired) electrons. The fourth-order valence-electron chi connectivity index (χ4n) is 2.63. The van der Waals surface area contributed by atoms with Crippen molar-refractivity contribution < 1.29 is 14.6 Å². The second kappa shape index (κ2) is 8.04. The smallest absolute Gasteiger partial charge is 0.141 e. The van der Waals surface area contributed by atoms with Crippen LogP contribution in [-0.2, 0) is 0 Å². The van der Waals surface area contributed by atoms with Crippen molar-refractivity contribution in [2.75, 3.05) is 20.8 Å². The molecule has 1 aromatic carbocycles. The Morgan fingerprint density at radius 3 is 2.27 bits per heavy atom. The summed E-state index contributed by atoms with van der Waals surface area (Å²) in [5.74, 6) is 1.35. The first kappa shape index (κ1) is 19.1. The minimum Gasteiger partial charge on any atom is -0.496 e. The highest BCUT2D eigenvalue weighted by Gasteiger charge is 2.22. The van der Waals surface area contributed by atoms with E-state index in [1.54, 1.807) is 20.3 Å². The van der Waals surface area contributed by atoms with E-state index in [4.69, 9.17) is 21.1 Å². The summed E-state index contributed by atoms with van der Waals surface area (Å²) < 4.78 is 10.7. The first-order chi connectivity index (χ1) is 10.2. The zero-order chi connectivity index (χ0) is 16.9. The lowest BCUT2D eigenvalue weighted by Gasteiger charge is -2.29. The van der Waals surface area contributed by atoms with Crippen molar-refractivity contribution in [3.63, 3.8) is 0 Å². The monoisotopic (exact) mass is 329 g/mol. The van der Waals surface area contributed by atoms with Gasteiger partial charge in [0, 0.05) is 24.2 Å². The predicted molar refractivity (Wildman–Crippen MR) is 91.1 cm³/mol. The van der Waals surface area contributed by atoms with Crippen LogP contribution in [0.4, 0.5) is 0 Å². The van der Waals surface area contributed by atoms with Crippen LogP contribution < -0.4 is 14.8 Å². The molecule has 0 saturated heterocycles. The molecule has 0 amide bonds. The number of aliphatic hydroxyl groups is 1. The summed E-state index contributed by atoms with van der Waals surface area (Å²) in [5, 5.41) is 13.6. The molecule has 0 aliphatic rings. The van der Waals surface area contributed by atoms with E-state index < -0.39 is 0 Å². The fraction of sp³-hybridized carbons (Fsp3) is 0.647. The lowest BCUT2D eigenvalue weighted by atomic mass is 9.86. The van der Waals surface area contributed by atoms with E-state index in [1.165, 1.54) is 0 Å². The molecular weight excluding hydrogens is 302 g/mol. The standard InChI is InChI=1S/C17H28ClNO3/c1-11(20)9-17(3,4)10-19-12(2)13-7-14(18)16(22-6)8-15(13)21-5/h7-8,11-12,19-20H,9-10H2,1-6H3. The van der Waals surface area contributed by atoms with Gasteiger partial charge in [-0.3, -0.25) is 0 Å². The highest BCUT2D eigenvalue weighted by Crippen LogP contribution is 2.36. The van der Waals surface area contributed by atoms with Crippen LogP contribution in [0.1, 0.15) is 45.7 Å². The lowest BCUT2D eigenvalue weighted by molar-refractivity contribution is 0.126. The molecule has 2 unspecified atom stereocenters. The van der Waals surface area contributed by atoms with Crippen molar-refractivity contribution in [1.82, 2.24) is 5.32 Å². The number of hydrogen-bond acceptors (Lipinski definition) is 4. The number of aliphatic hydroxyl groups excluding tert-OH is 1. The summed E-state index contributed by atoms with van der Waals surface area (Å²) in [5.41, 5.74) is 0.993. The number of rotatable bonds is 8. The summed E-state index contributed by atoms with van der Waals surface area (Å²) in [6.07, 6.45) is 0.435. The molecule has 126 valence electrons. The van der Waals surface area contributed by atoms with Crippen LogP contribution in [0.2, 0.25) is 5.02 Å². The Kier molecular flexibility index (Phi) is 6.98. The summed E-state index contributed by atoms with van der Waals surface area (Å²) in [6.45, 7) is 8.94. The third-order valence-corrected chi connectivity index (χ3v) is 4.00. The predicted octanol–water partition coefficient (Wildman–Crippen LogP) is 3.80. The first-order valence-corrected chi connectivity index (χ1v) is 7.91. The third kappa shape index (κ3) is 5.34. The SMILES string of the molecule is COc1cc(OC)c(C(C)NCC(C)(C)CC(C)O)cc1Cl. The number of hydrogen-bond donors (Lipinski definition) is 2. The molecule has 0 saturated carbocycles. The van der Waals surface area contributed by atoms with E-state index >= 15 is 0 Å². The van der Waals surface area contributed by atoms with Gasteiger partial charge in [0.05, 0.1) is 25.3 Å². The Hall–Kier alpha value is -0.970. The molecule has 0 spiro atoms. The van der Waals surface area contributed by atoms with Gasteiger partial charge in [0.1, 0.15) is 11.5 Å². The van der Waals surface area contributed by atoms with Crippen molar-refractivity contribution in [1.29, 1.82) is 0 Å². The highest BCUT2D eigenvalue weighted by atomic mass is 35.5. The molecule has 0 fully saturated rings. The first-order valence-electron chi connectivity index (χ1n) is 7.53. The molecule has 2 N–H and O–H groups in total. The number of nitrogens with one attached hydrogen (secondary N) is 1. The minimum atomic E-state index is -0.308. The van der Waals surface area contributed by atoms with E-state index in [0.29, 0.717) is 10.8 Å². The molecule has 1 aromatic rings. The molecule has 0 bridgehead atoms. The average molecular weight is 330 g/mol. The summed E-state index contributed by atoms with van der Waals surface area (Å²) in [4.78, 5) is 0. The maximum Gasteiger partial charge on any atom is 0.141 e. The molecule has 22 heavy (non-hydrogen) atoms. The van der Waals surface area contributed by atoms with Crippen molar-refractivity contribution in [2.45, 2.75) is 46.3 Å². The largest absolute Gasteiger partial charge is 0.496 e. The van der Waals surface area contributed by atoms with Crippen LogP contribution in [0.25, 0.3) is 0 Å². The molecule has 2 atom stereocenters. The van der Waals surface area contributed by atoms with Crippen LogP contribution in [0.15, 0.2) is 12.1 Å². The summed E-state index contributed by atoms with van der Waals surface area (Å²) in [6, 6.07) is 3.75. The summed E-state index contributed by atoms with van der Waals surface area (Å²) in [7, 11) is 3.22. The van der Waals surface area contributed by atoms with E-state index in [9.17, 15) is 5.11 Å². The number of methoxy groups -OCH3 is 2. The van der Waals surface area contributed by atoms with Crippen LogP contribution in [0.3, 0.4) is 0 Å². The van der Waals surface area contributed by atoms with E-state index in [0.717, 1.165) is 24.3 Å². The van der Waals surface area contributed by atoms with Gasteiger partial charge < -0.3 is 19.9 Å². The van der Waals surface area contributed by atoms with E-state index in [-0.39, 0.29) is 17.6 Å². The normalized spacial score (nSPS) is 14.5. The van der Waals surface area contributed by atoms with Crippen molar-refractivity contribution in [2.24, 2.45) is 5.41 Å². The molecule has 4 nitrogen and oxygen atoms in total. The number of benzene rings is 1. The molecule has 5 heteroatoms. The third-order valence-electron chi connectivity index (χ3n) is 3.71. The molecule has 0 aliphatic heterocycles. The number of halogens is 1. The van der Waals surface area contributed by atoms with Gasteiger partial charge in [-0.15, -0.1) is 0 Å². The Bertz CT molecular complexity index is 489. The maximum absolute atomic E-state index is 9.57. The second-order valence-electron chi connectivity index (χ2n) is 6.55. The zero-order valence-electron chi connectivity index (χ0n) is 14.4. The maximum atomic E-state index is 9.57. The van der Waals surface area contributed by atoms with Gasteiger partial charge in [-0.2, -0.15) is 0 Å². The highest BCUT2D eigenvalue weighted by molar-refractivity contribution is 6.32. The van der Waals surface area contributed by atoms with E-state index in [2.05, 4.69) is 26.1 Å². The van der Waals surface area contributed by atoms with Crippen molar-refractivity contribution >= 4 is 11.6 Å². The molecule has 0 aliphatic carbocycles. The van der Waals surface area contributed by atoms with Crippen molar-refractivity contribution in [3.8, 4) is 11.5 Å². The van der Waals surface area contributed by atoms with Crippen LogP contribution in [-0.4, -0.2) is 32.0 Å². The van der Waals surface area contributed by atoms with Gasteiger partial charge in [0.15, 0.2) is 0 Å². The van der Waals surface area contributed by atoms with Gasteiger partial charge in [0.2, 0.25) is 0 Å². The van der Waals surface area contributed by atoms with Gasteiger partial charge in [0.25, 0.3) is 0 Å². The minimum absolute atomic E-state index is 0.00588. The van der Waals surface area contributed by atoms with Crippen LogP contribution in [0.5, 0.6) is 11.5 Å². The summed E-state index contributed by atoms with van der Waals surface area (Å²) >= 11 is 6.22. The number of ether oxygens (including phenoxy) is 2. The van der Waals surface area contributed by atoms with Gasteiger partial charge >= 0.3 is 0 Å². The molecular formula is C17H28ClNO3. The van der Waals surface area contributed by atoms with Gasteiger partial charge in [-0.25, -0.2) is 0 Å². The second-order valence-corrected chi connectivity index (χ2v) is 6.96. The lowest BCUT2D eigenvalue weighted by Crippen LogP contribution is -2.33. The molecule has 1 rings (SSSR count). The van der Waals surface area contributed by atoms with Crippen LogP contribution >= 0.6 is 11.6 Å². The zero-order valence-corrected chi connectivity index (χ0v) is 15.1. The molecule has 0 heterocycles. The van der Waals surface area contributed by atoms with Crippen molar-refractivity contribution in [3.05, 3.63) is 22.7 Å². The van der Waals surface area contributed by atoms with Gasteiger partial charge in [-0.05, 0) is 31.7 Å². The fourth-order valence-corrected chi connectivity index (χ4v) is 2.88. The Morgan fingerprint density at radius 1 is 1.18 bits per heavy atom. The Balaban J connectivity index is 2.85. The topological polar surface area (TPSA) is 50.7 Å². The Morgan fingerprint density at radius 2 is 1.77 bits per heavy atom. The van der Waals surface area contributed by atoms with Crippen LogP contribution in [0, 0.1) is 5.41 Å². The average Bonchev–Trinajstić information content (AvgIpc) is 2.43.